The fourth-order valence-corrected chi connectivity index (χ4v) is 5.72. The number of unbranched alkanes of at least 4 members (excludes halogenated alkanes) is 1. The SMILES string of the molecule is CCCCc1cn(C2C(C)CCCC2C(=O)O)c(=O)n1Cc1cnccc1-c1ccc(-c2nnn[nH]2)cc1. The first-order valence-electron chi connectivity index (χ1n) is 13.3. The van der Waals surface area contributed by atoms with E-state index in [4.69, 9.17) is 0 Å². The Morgan fingerprint density at radius 1 is 1.16 bits per heavy atom. The van der Waals surface area contributed by atoms with E-state index >= 15 is 0 Å². The van der Waals surface area contributed by atoms with Crippen LogP contribution in [-0.2, 0) is 17.8 Å². The largest absolute Gasteiger partial charge is 0.481 e. The summed E-state index contributed by atoms with van der Waals surface area (Å²) in [5.41, 5.74) is 4.56. The zero-order valence-electron chi connectivity index (χ0n) is 21.7. The number of nitrogens with zero attached hydrogens (tertiary/aromatic N) is 6. The Bertz CT molecular complexity index is 1440. The molecule has 1 aliphatic carbocycles. The van der Waals surface area contributed by atoms with Crippen LogP contribution in [0.5, 0.6) is 0 Å². The van der Waals surface area contributed by atoms with Crippen molar-refractivity contribution in [2.45, 2.75) is 65.0 Å². The maximum atomic E-state index is 13.9. The Hall–Kier alpha value is -4.08. The minimum Gasteiger partial charge on any atom is -0.481 e. The number of benzene rings is 1. The number of rotatable bonds is 9. The average molecular weight is 516 g/mol. The summed E-state index contributed by atoms with van der Waals surface area (Å²) in [7, 11) is 0. The Morgan fingerprint density at radius 2 is 1.95 bits per heavy atom. The standard InChI is InChI=1S/C28H33N7O3/c1-3-4-7-22-17-35(25-18(2)6-5-8-24(25)27(36)37)28(38)34(22)16-21-15-29-14-13-23(21)19-9-11-20(12-10-19)26-30-32-33-31-26/h9-15,17-18,24-25H,3-8,16H2,1-2H3,(H,36,37)(H,30,31,32,33). The molecule has 1 fully saturated rings. The predicted octanol–water partition coefficient (Wildman–Crippen LogP) is 4.34. The number of imidazole rings is 1. The zero-order chi connectivity index (χ0) is 26.6. The number of hydrogen-bond acceptors (Lipinski definition) is 6. The normalized spacial score (nSPS) is 19.5. The number of nitrogens with one attached hydrogen (secondary N) is 1. The van der Waals surface area contributed by atoms with Crippen LogP contribution < -0.4 is 5.69 Å². The molecular weight excluding hydrogens is 482 g/mol. The van der Waals surface area contributed by atoms with Gasteiger partial charge in [-0.05, 0) is 64.8 Å². The molecular formula is C28H33N7O3. The first-order valence-corrected chi connectivity index (χ1v) is 13.3. The lowest BCUT2D eigenvalue weighted by atomic mass is 9.77. The second-order valence-electron chi connectivity index (χ2n) is 10.2. The number of aromatic nitrogens is 7. The maximum absolute atomic E-state index is 13.9. The third-order valence-corrected chi connectivity index (χ3v) is 7.73. The average Bonchev–Trinajstić information content (AvgIpc) is 3.57. The summed E-state index contributed by atoms with van der Waals surface area (Å²) in [5, 5.41) is 23.9. The highest BCUT2D eigenvalue weighted by atomic mass is 16.4. The molecule has 38 heavy (non-hydrogen) atoms. The first-order chi connectivity index (χ1) is 18.5. The van der Waals surface area contributed by atoms with Crippen molar-refractivity contribution >= 4 is 5.97 Å². The number of carboxylic acids is 1. The van der Waals surface area contributed by atoms with Crippen LogP contribution in [0.25, 0.3) is 22.5 Å². The molecule has 3 unspecified atom stereocenters. The minimum atomic E-state index is -0.824. The smallest absolute Gasteiger partial charge is 0.328 e. The number of carbonyl (C=O) groups is 1. The van der Waals surface area contributed by atoms with Crippen LogP contribution in [0.1, 0.15) is 63.3 Å². The van der Waals surface area contributed by atoms with Crippen molar-refractivity contribution in [3.8, 4) is 22.5 Å². The van der Waals surface area contributed by atoms with Crippen LogP contribution in [0.15, 0.2) is 53.7 Å². The van der Waals surface area contributed by atoms with Crippen molar-refractivity contribution in [3.63, 3.8) is 0 Å². The van der Waals surface area contributed by atoms with Crippen molar-refractivity contribution in [2.24, 2.45) is 11.8 Å². The van der Waals surface area contributed by atoms with E-state index in [0.29, 0.717) is 18.8 Å². The molecule has 2 N–H and O–H groups in total. The number of aromatic amines is 1. The van der Waals surface area contributed by atoms with Crippen LogP contribution in [0.4, 0.5) is 0 Å². The van der Waals surface area contributed by atoms with Gasteiger partial charge in [0.1, 0.15) is 0 Å². The van der Waals surface area contributed by atoms with E-state index in [1.807, 2.05) is 41.1 Å². The molecule has 0 bridgehead atoms. The maximum Gasteiger partial charge on any atom is 0.328 e. The number of H-pyrrole nitrogens is 1. The quantitative estimate of drug-likeness (QED) is 0.339. The van der Waals surface area contributed by atoms with Gasteiger partial charge in [-0.15, -0.1) is 5.10 Å². The van der Waals surface area contributed by atoms with Gasteiger partial charge in [-0.25, -0.2) is 9.89 Å². The van der Waals surface area contributed by atoms with Crippen LogP contribution in [0.2, 0.25) is 0 Å². The summed E-state index contributed by atoms with van der Waals surface area (Å²) < 4.78 is 3.52. The fourth-order valence-electron chi connectivity index (χ4n) is 5.72. The molecule has 0 radical (unpaired) electrons. The lowest BCUT2D eigenvalue weighted by molar-refractivity contribution is -0.145. The summed E-state index contributed by atoms with van der Waals surface area (Å²) in [6.45, 7) is 4.55. The van der Waals surface area contributed by atoms with Crippen LogP contribution in [0.3, 0.4) is 0 Å². The number of aliphatic carboxylic acids is 1. The molecule has 0 aliphatic heterocycles. The second-order valence-corrected chi connectivity index (χ2v) is 10.2. The predicted molar refractivity (Wildman–Crippen MR) is 142 cm³/mol. The van der Waals surface area contributed by atoms with E-state index in [2.05, 4.69) is 39.5 Å². The summed E-state index contributed by atoms with van der Waals surface area (Å²) >= 11 is 0. The Morgan fingerprint density at radius 3 is 2.66 bits per heavy atom. The highest BCUT2D eigenvalue weighted by Crippen LogP contribution is 2.38. The summed E-state index contributed by atoms with van der Waals surface area (Å²) in [5.74, 6) is -0.671. The third-order valence-electron chi connectivity index (χ3n) is 7.73. The molecule has 10 nitrogen and oxygen atoms in total. The third kappa shape index (κ3) is 5.03. The van der Waals surface area contributed by atoms with Crippen molar-refractivity contribution < 1.29 is 9.90 Å². The molecule has 5 rings (SSSR count). The number of carboxylic acid groups (broad SMARTS) is 1. The number of aryl methyl sites for hydroxylation is 1. The molecule has 3 atom stereocenters. The second kappa shape index (κ2) is 11.1. The molecule has 0 saturated heterocycles. The molecule has 1 aromatic carbocycles. The van der Waals surface area contributed by atoms with E-state index in [-0.39, 0.29) is 17.6 Å². The summed E-state index contributed by atoms with van der Waals surface area (Å²) in [6, 6.07) is 9.52. The molecule has 4 aromatic rings. The molecule has 3 aromatic heterocycles. The van der Waals surface area contributed by atoms with Gasteiger partial charge in [0, 0.05) is 29.8 Å². The molecule has 1 saturated carbocycles. The van der Waals surface area contributed by atoms with Gasteiger partial charge < -0.3 is 5.11 Å². The van der Waals surface area contributed by atoms with Crippen molar-refractivity contribution in [1.29, 1.82) is 0 Å². The van der Waals surface area contributed by atoms with Gasteiger partial charge in [0.15, 0.2) is 5.82 Å². The zero-order valence-corrected chi connectivity index (χ0v) is 21.7. The number of tetrazole rings is 1. The van der Waals surface area contributed by atoms with Crippen LogP contribution >= 0.6 is 0 Å². The molecule has 0 spiro atoms. The van der Waals surface area contributed by atoms with Crippen molar-refractivity contribution in [3.05, 3.63) is 70.7 Å². The van der Waals surface area contributed by atoms with Gasteiger partial charge in [0.05, 0.1) is 18.5 Å². The first kappa shape index (κ1) is 25.6. The van der Waals surface area contributed by atoms with Crippen LogP contribution in [0, 0.1) is 11.8 Å². The lowest BCUT2D eigenvalue weighted by Crippen LogP contribution is -2.39. The van der Waals surface area contributed by atoms with E-state index in [0.717, 1.165) is 60.1 Å². The Kier molecular flexibility index (Phi) is 7.48. The number of hydrogen-bond donors (Lipinski definition) is 2. The van der Waals surface area contributed by atoms with Crippen molar-refractivity contribution in [1.82, 2.24) is 34.7 Å². The van der Waals surface area contributed by atoms with Gasteiger partial charge in [0.25, 0.3) is 0 Å². The van der Waals surface area contributed by atoms with Gasteiger partial charge in [-0.1, -0.05) is 51.0 Å². The van der Waals surface area contributed by atoms with Crippen LogP contribution in [-0.4, -0.2) is 45.8 Å². The summed E-state index contributed by atoms with van der Waals surface area (Å²) in [6.07, 6.45) is 10.6. The molecule has 1 aliphatic rings. The van der Waals surface area contributed by atoms with Gasteiger partial charge in [-0.2, -0.15) is 0 Å². The fraction of sp³-hybridized carbons (Fsp3) is 0.429. The highest BCUT2D eigenvalue weighted by Gasteiger charge is 2.38. The van der Waals surface area contributed by atoms with Gasteiger partial charge >= 0.3 is 11.7 Å². The minimum absolute atomic E-state index is 0.115. The number of pyridine rings is 1. The topological polar surface area (TPSA) is 132 Å². The lowest BCUT2D eigenvalue weighted by Gasteiger charge is -2.34. The summed E-state index contributed by atoms with van der Waals surface area (Å²) in [4.78, 5) is 30.4. The monoisotopic (exact) mass is 515 g/mol. The molecule has 198 valence electrons. The Labute approximate surface area is 220 Å². The van der Waals surface area contributed by atoms with Crippen molar-refractivity contribution in [2.75, 3.05) is 0 Å². The molecule has 3 heterocycles. The van der Waals surface area contributed by atoms with E-state index in [1.165, 1.54) is 0 Å². The van der Waals surface area contributed by atoms with Gasteiger partial charge in [-0.3, -0.25) is 18.9 Å². The Balaban J connectivity index is 1.52. The molecule has 0 amide bonds. The molecule has 10 heteroatoms. The van der Waals surface area contributed by atoms with Gasteiger partial charge in [0.2, 0.25) is 0 Å². The van der Waals surface area contributed by atoms with E-state index < -0.39 is 11.9 Å². The van der Waals surface area contributed by atoms with E-state index in [9.17, 15) is 14.7 Å². The van der Waals surface area contributed by atoms with E-state index in [1.54, 1.807) is 17.0 Å². The highest BCUT2D eigenvalue weighted by molar-refractivity contribution is 5.71.